The molecule has 164 valence electrons. The first-order valence-corrected chi connectivity index (χ1v) is 9.92. The van der Waals surface area contributed by atoms with Crippen molar-refractivity contribution in [2.45, 2.75) is 0 Å². The maximum absolute atomic E-state index is 12.7. The number of nitro benzene ring substituents is 1. The number of benzene rings is 4. The molecule has 0 bridgehead atoms. The van der Waals surface area contributed by atoms with Gasteiger partial charge in [-0.25, -0.2) is 0 Å². The third-order valence-corrected chi connectivity index (χ3v) is 4.99. The molecule has 0 spiro atoms. The molecule has 0 radical (unpaired) electrons. The summed E-state index contributed by atoms with van der Waals surface area (Å²) in [6.45, 7) is 0. The van der Waals surface area contributed by atoms with Crippen LogP contribution < -0.4 is 5.32 Å². The van der Waals surface area contributed by atoms with Crippen molar-refractivity contribution < 1.29 is 19.9 Å². The largest absolute Gasteiger partial charge is 0.506 e. The van der Waals surface area contributed by atoms with Crippen LogP contribution in [0, 0.1) is 10.1 Å². The summed E-state index contributed by atoms with van der Waals surface area (Å²) in [5.74, 6) is -1.17. The molecular weight excluding hydrogens is 448 g/mol. The normalized spacial score (nSPS) is 11.1. The summed E-state index contributed by atoms with van der Waals surface area (Å²) < 4.78 is 0. The number of fused-ring (bicyclic) bond motifs is 1. The molecule has 1 amide bonds. The first-order chi connectivity index (χ1) is 15.8. The Morgan fingerprint density at radius 1 is 0.970 bits per heavy atom. The van der Waals surface area contributed by atoms with E-state index >= 15 is 0 Å². The van der Waals surface area contributed by atoms with Crippen molar-refractivity contribution in [1.82, 2.24) is 0 Å². The number of hydrogen-bond acceptors (Lipinski definition) is 7. The average Bonchev–Trinajstić information content (AvgIpc) is 2.81. The number of phenolic OH excluding ortho intramolecular Hbond substituents is 2. The van der Waals surface area contributed by atoms with Gasteiger partial charge in [0.05, 0.1) is 10.6 Å². The molecule has 0 heterocycles. The topological polar surface area (TPSA) is 137 Å². The predicted molar refractivity (Wildman–Crippen MR) is 124 cm³/mol. The number of aromatic hydroxyl groups is 2. The Kier molecular flexibility index (Phi) is 5.88. The zero-order chi connectivity index (χ0) is 23.5. The smallest absolute Gasteiger partial charge is 0.270 e. The molecule has 0 atom stereocenters. The standard InChI is InChI=1S/C23H15ClN4O5/c24-15-8-9-20(29)18(12-15)26-27-21-17-7-2-1-4-13(17)11-19(22(21)30)25-23(31)14-5-3-6-16(10-14)28(32)33/h1-12,29-30H,(H,25,31). The van der Waals surface area contributed by atoms with Gasteiger partial charge in [-0.1, -0.05) is 41.9 Å². The molecular formula is C23H15ClN4O5. The number of phenols is 2. The zero-order valence-electron chi connectivity index (χ0n) is 16.8. The first kappa shape index (κ1) is 21.7. The van der Waals surface area contributed by atoms with Gasteiger partial charge in [0.15, 0.2) is 5.75 Å². The second kappa shape index (κ2) is 8.93. The zero-order valence-corrected chi connectivity index (χ0v) is 17.5. The summed E-state index contributed by atoms with van der Waals surface area (Å²) in [6.07, 6.45) is 0. The monoisotopic (exact) mass is 462 g/mol. The summed E-state index contributed by atoms with van der Waals surface area (Å²) in [7, 11) is 0. The summed E-state index contributed by atoms with van der Waals surface area (Å²) in [6, 6.07) is 18.0. The van der Waals surface area contributed by atoms with Crippen molar-refractivity contribution in [3.05, 3.63) is 93.5 Å². The van der Waals surface area contributed by atoms with Crippen molar-refractivity contribution >= 4 is 51.0 Å². The third-order valence-electron chi connectivity index (χ3n) is 4.76. The van der Waals surface area contributed by atoms with Crippen molar-refractivity contribution in [3.63, 3.8) is 0 Å². The molecule has 0 aliphatic heterocycles. The molecule has 4 rings (SSSR count). The summed E-state index contributed by atoms with van der Waals surface area (Å²) in [5.41, 5.74) is -0.00158. The van der Waals surface area contributed by atoms with Crippen LogP contribution in [0.2, 0.25) is 5.02 Å². The van der Waals surface area contributed by atoms with Gasteiger partial charge in [0.1, 0.15) is 17.1 Å². The summed E-state index contributed by atoms with van der Waals surface area (Å²) in [5, 5.41) is 44.0. The van der Waals surface area contributed by atoms with Gasteiger partial charge in [-0.2, -0.15) is 0 Å². The number of anilines is 1. The molecule has 0 saturated heterocycles. The number of nitro groups is 1. The van der Waals surface area contributed by atoms with E-state index in [9.17, 15) is 25.1 Å². The second-order valence-electron chi connectivity index (χ2n) is 6.94. The van der Waals surface area contributed by atoms with Crippen molar-refractivity contribution in [3.8, 4) is 11.5 Å². The van der Waals surface area contributed by atoms with Crippen LogP contribution >= 0.6 is 11.6 Å². The van der Waals surface area contributed by atoms with Crippen molar-refractivity contribution in [2.75, 3.05) is 5.32 Å². The fraction of sp³-hybridized carbons (Fsp3) is 0. The number of hydrogen-bond donors (Lipinski definition) is 3. The molecule has 33 heavy (non-hydrogen) atoms. The number of carbonyl (C=O) groups excluding carboxylic acids is 1. The number of nitrogens with zero attached hydrogens (tertiary/aromatic N) is 3. The molecule has 10 heteroatoms. The molecule has 0 aliphatic rings. The minimum absolute atomic E-state index is 0.0365. The Morgan fingerprint density at radius 3 is 2.55 bits per heavy atom. The second-order valence-corrected chi connectivity index (χ2v) is 7.37. The number of carbonyl (C=O) groups is 1. The Labute approximate surface area is 191 Å². The Bertz CT molecular complexity index is 1440. The average molecular weight is 463 g/mol. The number of amides is 1. The van der Waals surface area contributed by atoms with E-state index in [1.807, 2.05) is 0 Å². The first-order valence-electron chi connectivity index (χ1n) is 9.54. The van der Waals surface area contributed by atoms with E-state index in [4.69, 9.17) is 11.6 Å². The molecule has 0 aromatic heterocycles. The lowest BCUT2D eigenvalue weighted by atomic mass is 10.1. The minimum Gasteiger partial charge on any atom is -0.506 e. The van der Waals surface area contributed by atoms with Crippen molar-refractivity contribution in [2.24, 2.45) is 10.2 Å². The Hall–Kier alpha value is -4.50. The quantitative estimate of drug-likeness (QED) is 0.135. The van der Waals surface area contributed by atoms with Crippen LogP contribution in [0.3, 0.4) is 0 Å². The molecule has 3 N–H and O–H groups in total. The Balaban J connectivity index is 1.76. The van der Waals surface area contributed by atoms with Crippen LogP contribution in [0.4, 0.5) is 22.7 Å². The molecule has 9 nitrogen and oxygen atoms in total. The lowest BCUT2D eigenvalue weighted by Crippen LogP contribution is -2.12. The maximum Gasteiger partial charge on any atom is 0.270 e. The van der Waals surface area contributed by atoms with E-state index in [-0.39, 0.29) is 39.8 Å². The number of rotatable bonds is 5. The molecule has 0 unspecified atom stereocenters. The number of azo groups is 1. The van der Waals surface area contributed by atoms with Crippen LogP contribution in [0.5, 0.6) is 11.5 Å². The van der Waals surface area contributed by atoms with Gasteiger partial charge in [0.2, 0.25) is 0 Å². The minimum atomic E-state index is -0.653. The van der Waals surface area contributed by atoms with Gasteiger partial charge in [-0.15, -0.1) is 10.2 Å². The highest BCUT2D eigenvalue weighted by molar-refractivity contribution is 6.30. The SMILES string of the molecule is O=C(Nc1cc2ccccc2c(N=Nc2cc(Cl)ccc2O)c1O)c1cccc([N+](=O)[O-])c1. The van der Waals surface area contributed by atoms with Crippen LogP contribution in [0.15, 0.2) is 83.0 Å². The maximum atomic E-state index is 12.7. The van der Waals surface area contributed by atoms with Crippen LogP contribution in [-0.4, -0.2) is 21.0 Å². The fourth-order valence-electron chi connectivity index (χ4n) is 3.15. The highest BCUT2D eigenvalue weighted by atomic mass is 35.5. The van der Waals surface area contributed by atoms with Gasteiger partial charge in [-0.3, -0.25) is 14.9 Å². The van der Waals surface area contributed by atoms with E-state index in [2.05, 4.69) is 15.5 Å². The molecule has 4 aromatic rings. The third kappa shape index (κ3) is 4.58. The van der Waals surface area contributed by atoms with Gasteiger partial charge >= 0.3 is 0 Å². The van der Waals surface area contributed by atoms with E-state index in [1.54, 1.807) is 30.3 Å². The highest BCUT2D eigenvalue weighted by Crippen LogP contribution is 2.43. The van der Waals surface area contributed by atoms with E-state index in [0.29, 0.717) is 15.8 Å². The number of non-ortho nitro benzene ring substituents is 1. The van der Waals surface area contributed by atoms with Gasteiger partial charge in [-0.05, 0) is 35.7 Å². The lowest BCUT2D eigenvalue weighted by Gasteiger charge is -2.12. The van der Waals surface area contributed by atoms with Gasteiger partial charge in [0, 0.05) is 28.1 Å². The molecule has 0 fully saturated rings. The summed E-state index contributed by atoms with van der Waals surface area (Å²) >= 11 is 5.94. The Morgan fingerprint density at radius 2 is 1.76 bits per heavy atom. The van der Waals surface area contributed by atoms with E-state index in [1.165, 1.54) is 36.4 Å². The number of halogens is 1. The van der Waals surface area contributed by atoms with Crippen molar-refractivity contribution in [1.29, 1.82) is 0 Å². The number of nitrogens with one attached hydrogen (secondary N) is 1. The summed E-state index contributed by atoms with van der Waals surface area (Å²) in [4.78, 5) is 23.1. The lowest BCUT2D eigenvalue weighted by molar-refractivity contribution is -0.384. The fourth-order valence-corrected chi connectivity index (χ4v) is 3.32. The molecule has 0 saturated carbocycles. The van der Waals surface area contributed by atoms with E-state index in [0.717, 1.165) is 6.07 Å². The molecule has 4 aromatic carbocycles. The van der Waals surface area contributed by atoms with E-state index < -0.39 is 10.8 Å². The predicted octanol–water partition coefficient (Wildman–Crippen LogP) is 6.48. The van der Waals surface area contributed by atoms with Crippen LogP contribution in [-0.2, 0) is 0 Å². The van der Waals surface area contributed by atoms with Gasteiger partial charge in [0.25, 0.3) is 11.6 Å². The van der Waals surface area contributed by atoms with Crippen LogP contribution in [0.1, 0.15) is 10.4 Å². The van der Waals surface area contributed by atoms with Crippen LogP contribution in [0.25, 0.3) is 10.8 Å². The molecule has 0 aliphatic carbocycles. The van der Waals surface area contributed by atoms with Gasteiger partial charge < -0.3 is 15.5 Å². The highest BCUT2D eigenvalue weighted by Gasteiger charge is 2.17.